The van der Waals surface area contributed by atoms with Crippen molar-refractivity contribution >= 4 is 78.8 Å². The molecule has 156 valence electrons. The zero-order valence-corrected chi connectivity index (χ0v) is 20.5. The van der Waals surface area contributed by atoms with Crippen LogP contribution in [0.15, 0.2) is 42.0 Å². The van der Waals surface area contributed by atoms with Gasteiger partial charge in [0.05, 0.1) is 12.4 Å². The Kier molecular flexibility index (Phi) is 11.4. The summed E-state index contributed by atoms with van der Waals surface area (Å²) in [6, 6.07) is 3.88. The Bertz CT molecular complexity index is 781. The summed E-state index contributed by atoms with van der Waals surface area (Å²) < 4.78 is 2.01. The molecule has 2 N–H and O–H groups in total. The smallest absolute Gasteiger partial charge is 0.240 e. The largest absolute Gasteiger partial charge is 0.273 e. The first-order chi connectivity index (χ1) is 14.0. The van der Waals surface area contributed by atoms with E-state index in [-0.39, 0.29) is 11.8 Å². The van der Waals surface area contributed by atoms with Crippen LogP contribution in [-0.4, -0.2) is 24.2 Å². The van der Waals surface area contributed by atoms with Crippen LogP contribution in [0.3, 0.4) is 0 Å². The summed E-state index contributed by atoms with van der Waals surface area (Å²) >= 11 is 9.85. The summed E-state index contributed by atoms with van der Waals surface area (Å²) in [5.74, 6) is -0.154. The van der Waals surface area contributed by atoms with Gasteiger partial charge < -0.3 is 0 Å². The molecule has 2 aromatic rings. The molecule has 0 aliphatic heterocycles. The van der Waals surface area contributed by atoms with Crippen molar-refractivity contribution in [2.24, 2.45) is 10.2 Å². The van der Waals surface area contributed by atoms with E-state index in [4.69, 9.17) is 0 Å². The van der Waals surface area contributed by atoms with E-state index in [2.05, 4.69) is 52.9 Å². The average Bonchev–Trinajstić information content (AvgIpc) is 3.29. The van der Waals surface area contributed by atoms with Crippen LogP contribution in [0.1, 0.15) is 54.7 Å². The van der Waals surface area contributed by atoms with Crippen LogP contribution >= 0.6 is 54.5 Å². The van der Waals surface area contributed by atoms with Gasteiger partial charge in [-0.15, -0.1) is 22.7 Å². The number of hydrogen-bond acceptors (Lipinski definition) is 6. The predicted octanol–water partition coefficient (Wildman–Crippen LogP) is 5.67. The SMILES string of the molecule is O=C(CCCCCCCC(=O)N/N=C\c1cc(Br)cs1)N/N=C\c1cc(Br)cs1. The lowest BCUT2D eigenvalue weighted by atomic mass is 10.1. The Morgan fingerprint density at radius 3 is 1.59 bits per heavy atom. The summed E-state index contributed by atoms with van der Waals surface area (Å²) in [5.41, 5.74) is 5.09. The first-order valence-corrected chi connectivity index (χ1v) is 12.5. The van der Waals surface area contributed by atoms with Crippen molar-refractivity contribution in [2.45, 2.75) is 44.9 Å². The van der Waals surface area contributed by atoms with Crippen LogP contribution in [-0.2, 0) is 9.59 Å². The van der Waals surface area contributed by atoms with Gasteiger partial charge in [-0.3, -0.25) is 9.59 Å². The van der Waals surface area contributed by atoms with Crippen molar-refractivity contribution in [1.82, 2.24) is 10.9 Å². The Labute approximate surface area is 195 Å². The first-order valence-electron chi connectivity index (χ1n) is 9.15. The van der Waals surface area contributed by atoms with Gasteiger partial charge in [0.2, 0.25) is 11.8 Å². The van der Waals surface area contributed by atoms with Crippen LogP contribution in [0.25, 0.3) is 0 Å². The normalized spacial score (nSPS) is 11.4. The summed E-state index contributed by atoms with van der Waals surface area (Å²) in [5, 5.41) is 11.8. The molecule has 2 heterocycles. The molecular formula is C19H22Br2N4O2S2. The maximum Gasteiger partial charge on any atom is 0.240 e. The number of amides is 2. The van der Waals surface area contributed by atoms with E-state index in [0.717, 1.165) is 50.8 Å². The predicted molar refractivity (Wildman–Crippen MR) is 128 cm³/mol. The third-order valence-electron chi connectivity index (χ3n) is 3.75. The Hall–Kier alpha value is -1.36. The van der Waals surface area contributed by atoms with Crippen LogP contribution in [0.4, 0.5) is 0 Å². The zero-order chi connectivity index (χ0) is 20.9. The van der Waals surface area contributed by atoms with Crippen LogP contribution < -0.4 is 10.9 Å². The topological polar surface area (TPSA) is 82.9 Å². The van der Waals surface area contributed by atoms with Gasteiger partial charge >= 0.3 is 0 Å². The molecule has 0 aromatic carbocycles. The Balaban J connectivity index is 1.44. The standard InChI is InChI=1S/C19H22Br2N4O2S2/c20-14-8-16(28-12-14)10-22-24-18(26)6-4-2-1-3-5-7-19(27)25-23-11-17-9-15(21)13-29-17/h8-13H,1-7H2,(H,24,26)(H,25,27)/b22-10-,23-11-. The van der Waals surface area contributed by atoms with Crippen LogP contribution in [0.2, 0.25) is 0 Å². The maximum atomic E-state index is 11.7. The van der Waals surface area contributed by atoms with Crippen molar-refractivity contribution in [3.05, 3.63) is 41.6 Å². The van der Waals surface area contributed by atoms with Gasteiger partial charge in [-0.1, -0.05) is 19.3 Å². The van der Waals surface area contributed by atoms with E-state index < -0.39 is 0 Å². The molecule has 0 saturated carbocycles. The highest BCUT2D eigenvalue weighted by molar-refractivity contribution is 9.10. The number of unbranched alkanes of at least 4 members (excludes halogenated alkanes) is 4. The van der Waals surface area contributed by atoms with Crippen LogP contribution in [0, 0.1) is 0 Å². The van der Waals surface area contributed by atoms with E-state index in [1.807, 2.05) is 22.9 Å². The zero-order valence-electron chi connectivity index (χ0n) is 15.7. The summed E-state index contributed by atoms with van der Waals surface area (Å²) in [4.78, 5) is 25.4. The molecule has 0 bridgehead atoms. The highest BCUT2D eigenvalue weighted by Gasteiger charge is 2.02. The van der Waals surface area contributed by atoms with Gasteiger partial charge in [0.1, 0.15) is 0 Å². The molecule has 2 rings (SSSR count). The molecule has 0 fully saturated rings. The molecule has 10 heteroatoms. The maximum absolute atomic E-state index is 11.7. The molecular weight excluding hydrogens is 540 g/mol. The van der Waals surface area contributed by atoms with Gasteiger partial charge in [0, 0.05) is 42.3 Å². The fourth-order valence-electron chi connectivity index (χ4n) is 2.34. The number of nitrogens with zero attached hydrogens (tertiary/aromatic N) is 2. The monoisotopic (exact) mass is 560 g/mol. The number of carbonyl (C=O) groups is 2. The number of hydrogen-bond donors (Lipinski definition) is 2. The highest BCUT2D eigenvalue weighted by Crippen LogP contribution is 2.18. The molecule has 0 aliphatic carbocycles. The third-order valence-corrected chi connectivity index (χ3v) is 7.00. The van der Waals surface area contributed by atoms with Gasteiger partial charge in [0.15, 0.2) is 0 Å². The molecule has 2 amide bonds. The molecule has 6 nitrogen and oxygen atoms in total. The van der Waals surface area contributed by atoms with Gasteiger partial charge in [-0.2, -0.15) is 10.2 Å². The number of halogens is 2. The number of rotatable bonds is 12. The average molecular weight is 562 g/mol. The van der Waals surface area contributed by atoms with E-state index in [1.54, 1.807) is 35.1 Å². The van der Waals surface area contributed by atoms with Crippen molar-refractivity contribution in [3.8, 4) is 0 Å². The summed E-state index contributed by atoms with van der Waals surface area (Å²) in [6.07, 6.45) is 8.75. The Morgan fingerprint density at radius 2 is 1.21 bits per heavy atom. The van der Waals surface area contributed by atoms with Crippen LogP contribution in [0.5, 0.6) is 0 Å². The fraction of sp³-hybridized carbons (Fsp3) is 0.368. The van der Waals surface area contributed by atoms with Crippen molar-refractivity contribution in [1.29, 1.82) is 0 Å². The first kappa shape index (κ1) is 23.9. The minimum absolute atomic E-state index is 0.0770. The summed E-state index contributed by atoms with van der Waals surface area (Å²) in [7, 11) is 0. The quantitative estimate of drug-likeness (QED) is 0.199. The summed E-state index contributed by atoms with van der Waals surface area (Å²) in [6.45, 7) is 0. The number of thiophene rings is 2. The second-order valence-electron chi connectivity index (χ2n) is 6.19. The molecule has 0 radical (unpaired) electrons. The molecule has 29 heavy (non-hydrogen) atoms. The van der Waals surface area contributed by atoms with E-state index in [1.165, 1.54) is 0 Å². The van der Waals surface area contributed by atoms with Crippen molar-refractivity contribution < 1.29 is 9.59 Å². The molecule has 0 unspecified atom stereocenters. The van der Waals surface area contributed by atoms with E-state index in [9.17, 15) is 9.59 Å². The lowest BCUT2D eigenvalue weighted by molar-refractivity contribution is -0.121. The van der Waals surface area contributed by atoms with E-state index in [0.29, 0.717) is 12.8 Å². The Morgan fingerprint density at radius 1 is 0.793 bits per heavy atom. The second kappa shape index (κ2) is 13.8. The molecule has 0 spiro atoms. The van der Waals surface area contributed by atoms with E-state index >= 15 is 0 Å². The molecule has 2 aromatic heterocycles. The molecule has 0 saturated heterocycles. The molecule has 0 aliphatic rings. The lowest BCUT2D eigenvalue weighted by Gasteiger charge is -2.02. The number of hydrazone groups is 2. The van der Waals surface area contributed by atoms with Gasteiger partial charge in [-0.25, -0.2) is 10.9 Å². The van der Waals surface area contributed by atoms with Gasteiger partial charge in [0.25, 0.3) is 0 Å². The minimum Gasteiger partial charge on any atom is -0.273 e. The van der Waals surface area contributed by atoms with Crippen molar-refractivity contribution in [2.75, 3.05) is 0 Å². The minimum atomic E-state index is -0.0770. The second-order valence-corrected chi connectivity index (χ2v) is 9.91. The lowest BCUT2D eigenvalue weighted by Crippen LogP contribution is -2.17. The number of nitrogens with one attached hydrogen (secondary N) is 2. The number of carbonyl (C=O) groups excluding carboxylic acids is 2. The van der Waals surface area contributed by atoms with Crippen molar-refractivity contribution in [3.63, 3.8) is 0 Å². The fourth-order valence-corrected chi connectivity index (χ4v) is 4.95. The molecule has 0 atom stereocenters. The third kappa shape index (κ3) is 10.8. The van der Waals surface area contributed by atoms with Gasteiger partial charge in [-0.05, 0) is 56.8 Å². The highest BCUT2D eigenvalue weighted by atomic mass is 79.9.